The Bertz CT molecular complexity index is 403. The van der Waals surface area contributed by atoms with Crippen molar-refractivity contribution in [3.63, 3.8) is 0 Å². The quantitative estimate of drug-likeness (QED) is 0.898. The average Bonchev–Trinajstić information content (AvgIpc) is 2.38. The number of ether oxygens (including phenoxy) is 1. The van der Waals surface area contributed by atoms with Crippen molar-refractivity contribution >= 4 is 5.69 Å². The number of aliphatic hydroxyl groups excluding tert-OH is 1. The Kier molecular flexibility index (Phi) is 4.07. The van der Waals surface area contributed by atoms with E-state index in [1.807, 2.05) is 13.1 Å². The fourth-order valence-corrected chi connectivity index (χ4v) is 2.53. The largest absolute Gasteiger partial charge is 0.494 e. The highest BCUT2D eigenvalue weighted by Gasteiger charge is 2.23. The van der Waals surface area contributed by atoms with E-state index in [9.17, 15) is 9.50 Å². The SMILES string of the molecule is COc1ccc(N(C)C2CCC(O)CC2)cc1F. The number of rotatable bonds is 3. The van der Waals surface area contributed by atoms with Crippen molar-refractivity contribution in [3.05, 3.63) is 24.0 Å². The van der Waals surface area contributed by atoms with E-state index >= 15 is 0 Å². The molecule has 100 valence electrons. The fourth-order valence-electron chi connectivity index (χ4n) is 2.53. The van der Waals surface area contributed by atoms with E-state index in [0.29, 0.717) is 6.04 Å². The van der Waals surface area contributed by atoms with Gasteiger partial charge in [-0.25, -0.2) is 4.39 Å². The van der Waals surface area contributed by atoms with Gasteiger partial charge >= 0.3 is 0 Å². The maximum absolute atomic E-state index is 13.6. The molecule has 0 unspecified atom stereocenters. The molecule has 4 heteroatoms. The van der Waals surface area contributed by atoms with Crippen LogP contribution in [0.5, 0.6) is 5.75 Å². The summed E-state index contributed by atoms with van der Waals surface area (Å²) in [4.78, 5) is 2.09. The van der Waals surface area contributed by atoms with Crippen LogP contribution in [0.4, 0.5) is 10.1 Å². The summed E-state index contributed by atoms with van der Waals surface area (Å²) in [6, 6.07) is 5.40. The van der Waals surface area contributed by atoms with Crippen LogP contribution in [-0.4, -0.2) is 31.4 Å². The lowest BCUT2D eigenvalue weighted by atomic mass is 9.92. The molecule has 0 amide bonds. The summed E-state index contributed by atoms with van der Waals surface area (Å²) >= 11 is 0. The zero-order chi connectivity index (χ0) is 13.1. The Morgan fingerprint density at radius 1 is 1.28 bits per heavy atom. The van der Waals surface area contributed by atoms with E-state index in [1.165, 1.54) is 13.2 Å². The van der Waals surface area contributed by atoms with Gasteiger partial charge in [-0.3, -0.25) is 0 Å². The van der Waals surface area contributed by atoms with Crippen molar-refractivity contribution < 1.29 is 14.2 Å². The van der Waals surface area contributed by atoms with E-state index in [-0.39, 0.29) is 17.7 Å². The summed E-state index contributed by atoms with van der Waals surface area (Å²) in [5.41, 5.74) is 0.856. The summed E-state index contributed by atoms with van der Waals surface area (Å²) < 4.78 is 18.6. The van der Waals surface area contributed by atoms with Crippen LogP contribution in [0.1, 0.15) is 25.7 Å². The molecule has 0 spiro atoms. The van der Waals surface area contributed by atoms with Crippen LogP contribution in [0.25, 0.3) is 0 Å². The third-order valence-electron chi connectivity index (χ3n) is 3.76. The summed E-state index contributed by atoms with van der Waals surface area (Å²) in [6.45, 7) is 0. The number of aliphatic hydroxyl groups is 1. The topological polar surface area (TPSA) is 32.7 Å². The zero-order valence-electron chi connectivity index (χ0n) is 10.9. The summed E-state index contributed by atoms with van der Waals surface area (Å²) in [6.07, 6.45) is 3.39. The van der Waals surface area contributed by atoms with E-state index in [0.717, 1.165) is 31.4 Å². The molecule has 1 aromatic rings. The van der Waals surface area contributed by atoms with Gasteiger partial charge in [0.15, 0.2) is 11.6 Å². The molecule has 3 nitrogen and oxygen atoms in total. The van der Waals surface area contributed by atoms with Gasteiger partial charge < -0.3 is 14.7 Å². The van der Waals surface area contributed by atoms with E-state index in [1.54, 1.807) is 6.07 Å². The van der Waals surface area contributed by atoms with Crippen LogP contribution in [0.2, 0.25) is 0 Å². The van der Waals surface area contributed by atoms with Gasteiger partial charge in [0, 0.05) is 24.8 Å². The van der Waals surface area contributed by atoms with E-state index in [2.05, 4.69) is 4.90 Å². The van der Waals surface area contributed by atoms with Crippen molar-refractivity contribution in [2.75, 3.05) is 19.1 Å². The number of nitrogens with zero attached hydrogens (tertiary/aromatic N) is 1. The zero-order valence-corrected chi connectivity index (χ0v) is 10.9. The van der Waals surface area contributed by atoms with Gasteiger partial charge in [0.1, 0.15) is 0 Å². The molecular formula is C14H20FNO2. The highest BCUT2D eigenvalue weighted by Crippen LogP contribution is 2.29. The Morgan fingerprint density at radius 2 is 1.94 bits per heavy atom. The monoisotopic (exact) mass is 253 g/mol. The third-order valence-corrected chi connectivity index (χ3v) is 3.76. The lowest BCUT2D eigenvalue weighted by Gasteiger charge is -2.34. The molecule has 1 aromatic carbocycles. The second-order valence-corrected chi connectivity index (χ2v) is 4.89. The van der Waals surface area contributed by atoms with Crippen LogP contribution in [-0.2, 0) is 0 Å². The first kappa shape index (κ1) is 13.1. The number of hydrogen-bond acceptors (Lipinski definition) is 3. The van der Waals surface area contributed by atoms with Crippen molar-refractivity contribution in [1.82, 2.24) is 0 Å². The minimum Gasteiger partial charge on any atom is -0.494 e. The van der Waals surface area contributed by atoms with Crippen molar-refractivity contribution in [1.29, 1.82) is 0 Å². The molecule has 1 N–H and O–H groups in total. The number of benzene rings is 1. The molecule has 18 heavy (non-hydrogen) atoms. The fraction of sp³-hybridized carbons (Fsp3) is 0.571. The lowest BCUT2D eigenvalue weighted by Crippen LogP contribution is -2.36. The van der Waals surface area contributed by atoms with E-state index in [4.69, 9.17) is 4.74 Å². The molecule has 0 saturated heterocycles. The Labute approximate surface area is 107 Å². The van der Waals surface area contributed by atoms with Crippen molar-refractivity contribution in [2.24, 2.45) is 0 Å². The van der Waals surface area contributed by atoms with Gasteiger partial charge in [0.2, 0.25) is 0 Å². The molecule has 2 rings (SSSR count). The van der Waals surface area contributed by atoms with Gasteiger partial charge in [-0.05, 0) is 37.8 Å². The number of halogens is 1. The smallest absolute Gasteiger partial charge is 0.167 e. The first-order valence-electron chi connectivity index (χ1n) is 6.36. The molecule has 1 fully saturated rings. The normalized spacial score (nSPS) is 23.8. The second-order valence-electron chi connectivity index (χ2n) is 4.89. The first-order chi connectivity index (χ1) is 8.61. The van der Waals surface area contributed by atoms with Crippen LogP contribution in [0.3, 0.4) is 0 Å². The minimum atomic E-state index is -0.335. The summed E-state index contributed by atoms with van der Waals surface area (Å²) in [7, 11) is 3.44. The van der Waals surface area contributed by atoms with Gasteiger partial charge in [0.25, 0.3) is 0 Å². The molecule has 0 radical (unpaired) electrons. The molecule has 0 aromatic heterocycles. The lowest BCUT2D eigenvalue weighted by molar-refractivity contribution is 0.122. The van der Waals surface area contributed by atoms with Gasteiger partial charge in [0.05, 0.1) is 13.2 Å². The van der Waals surface area contributed by atoms with Gasteiger partial charge in [-0.2, -0.15) is 0 Å². The number of hydrogen-bond donors (Lipinski definition) is 1. The predicted octanol–water partition coefficient (Wildman–Crippen LogP) is 2.57. The predicted molar refractivity (Wildman–Crippen MR) is 69.6 cm³/mol. The average molecular weight is 253 g/mol. The van der Waals surface area contributed by atoms with Crippen molar-refractivity contribution in [3.8, 4) is 5.75 Å². The van der Waals surface area contributed by atoms with Crippen LogP contribution in [0.15, 0.2) is 18.2 Å². The maximum atomic E-state index is 13.6. The van der Waals surface area contributed by atoms with Crippen LogP contribution in [0, 0.1) is 5.82 Å². The standard InChI is InChI=1S/C14H20FNO2/c1-16(10-3-6-12(17)7-4-10)11-5-8-14(18-2)13(15)9-11/h5,8-10,12,17H,3-4,6-7H2,1-2H3. The molecule has 0 aliphatic heterocycles. The molecule has 1 saturated carbocycles. The molecule has 0 atom stereocenters. The van der Waals surface area contributed by atoms with E-state index < -0.39 is 0 Å². The van der Waals surface area contributed by atoms with Crippen LogP contribution >= 0.6 is 0 Å². The Balaban J connectivity index is 2.08. The molecule has 0 heterocycles. The van der Waals surface area contributed by atoms with Gasteiger partial charge in [-0.1, -0.05) is 0 Å². The summed E-state index contributed by atoms with van der Waals surface area (Å²) in [5.74, 6) is -0.0658. The number of anilines is 1. The second kappa shape index (κ2) is 5.57. The van der Waals surface area contributed by atoms with Gasteiger partial charge in [-0.15, -0.1) is 0 Å². The highest BCUT2D eigenvalue weighted by atomic mass is 19.1. The minimum absolute atomic E-state index is 0.165. The molecule has 0 bridgehead atoms. The summed E-state index contributed by atoms with van der Waals surface area (Å²) in [5, 5.41) is 9.50. The van der Waals surface area contributed by atoms with Crippen molar-refractivity contribution in [2.45, 2.75) is 37.8 Å². The molecular weight excluding hydrogens is 233 g/mol. The first-order valence-corrected chi connectivity index (χ1v) is 6.36. The Morgan fingerprint density at radius 3 is 2.50 bits per heavy atom. The van der Waals surface area contributed by atoms with Crippen LogP contribution < -0.4 is 9.64 Å². The number of methoxy groups -OCH3 is 1. The highest BCUT2D eigenvalue weighted by molar-refractivity contribution is 5.50. The Hall–Kier alpha value is -1.29. The third kappa shape index (κ3) is 2.75. The maximum Gasteiger partial charge on any atom is 0.167 e. The molecule has 1 aliphatic rings. The molecule has 1 aliphatic carbocycles.